The Balaban J connectivity index is 2.00. The second-order valence-electron chi connectivity index (χ2n) is 4.38. The highest BCUT2D eigenvalue weighted by atomic mass is 16.3. The number of carbonyl (C=O) groups excluding carboxylic acids is 1. The molecule has 0 aliphatic rings. The highest BCUT2D eigenvalue weighted by Gasteiger charge is 2.04. The van der Waals surface area contributed by atoms with E-state index in [1.807, 2.05) is 19.1 Å². The van der Waals surface area contributed by atoms with Crippen molar-refractivity contribution in [2.24, 2.45) is 5.73 Å². The molecule has 0 aliphatic heterocycles. The Hall–Kier alpha value is -2.50. The van der Waals surface area contributed by atoms with Gasteiger partial charge in [0.15, 0.2) is 0 Å². The third-order valence-corrected chi connectivity index (χ3v) is 2.67. The van der Waals surface area contributed by atoms with Gasteiger partial charge in [-0.15, -0.1) is 0 Å². The average molecular weight is 260 g/mol. The van der Waals surface area contributed by atoms with Gasteiger partial charge in [0, 0.05) is 18.3 Å². The molecule has 2 aromatic rings. The topological polar surface area (TPSA) is 93.2 Å². The van der Waals surface area contributed by atoms with Gasteiger partial charge in [-0.1, -0.05) is 17.7 Å². The average Bonchev–Trinajstić information content (AvgIpc) is 2.77. The number of benzene rings is 1. The van der Waals surface area contributed by atoms with Crippen LogP contribution in [-0.4, -0.2) is 20.8 Å². The number of aromatic hydroxyl groups is 1. The Kier molecular flexibility index (Phi) is 3.70. The fraction of sp³-hybridized carbons (Fsp3) is 0.231. The van der Waals surface area contributed by atoms with Crippen molar-refractivity contribution in [1.82, 2.24) is 9.78 Å². The number of primary amides is 1. The summed E-state index contributed by atoms with van der Waals surface area (Å²) in [5.41, 5.74) is 7.74. The van der Waals surface area contributed by atoms with Gasteiger partial charge in [0.2, 0.25) is 5.91 Å². The first-order valence-corrected chi connectivity index (χ1v) is 5.88. The van der Waals surface area contributed by atoms with Gasteiger partial charge in [0.25, 0.3) is 0 Å². The number of rotatable bonds is 5. The molecule has 2 rings (SSSR count). The predicted octanol–water partition coefficient (Wildman–Crippen LogP) is 0.995. The Morgan fingerprint density at radius 2 is 2.32 bits per heavy atom. The van der Waals surface area contributed by atoms with Crippen LogP contribution >= 0.6 is 0 Å². The highest BCUT2D eigenvalue weighted by molar-refractivity contribution is 5.73. The summed E-state index contributed by atoms with van der Waals surface area (Å²) in [5, 5.41) is 16.8. The van der Waals surface area contributed by atoms with E-state index in [1.54, 1.807) is 18.5 Å². The Bertz CT molecular complexity index is 592. The van der Waals surface area contributed by atoms with Crippen LogP contribution in [0.2, 0.25) is 0 Å². The van der Waals surface area contributed by atoms with E-state index in [9.17, 15) is 9.90 Å². The molecule has 0 fully saturated rings. The number of phenols is 1. The number of nitrogens with zero attached hydrogens (tertiary/aromatic N) is 2. The third-order valence-electron chi connectivity index (χ3n) is 2.67. The number of hydrogen-bond donors (Lipinski definition) is 3. The van der Waals surface area contributed by atoms with Crippen molar-refractivity contribution in [3.8, 4) is 5.75 Å². The molecule has 6 nitrogen and oxygen atoms in total. The van der Waals surface area contributed by atoms with Crippen LogP contribution in [0.15, 0.2) is 30.6 Å². The SMILES string of the molecule is Cc1ccc(O)c(CNc2cnn(CC(N)=O)c2)c1. The molecule has 0 aliphatic carbocycles. The molecule has 19 heavy (non-hydrogen) atoms. The van der Waals surface area contributed by atoms with Crippen molar-refractivity contribution in [3.63, 3.8) is 0 Å². The highest BCUT2D eigenvalue weighted by Crippen LogP contribution is 2.19. The summed E-state index contributed by atoms with van der Waals surface area (Å²) in [6.07, 6.45) is 3.30. The fourth-order valence-corrected chi connectivity index (χ4v) is 1.75. The predicted molar refractivity (Wildman–Crippen MR) is 71.6 cm³/mol. The Morgan fingerprint density at radius 1 is 1.53 bits per heavy atom. The zero-order valence-corrected chi connectivity index (χ0v) is 10.6. The molecule has 0 radical (unpaired) electrons. The van der Waals surface area contributed by atoms with E-state index in [1.165, 1.54) is 4.68 Å². The van der Waals surface area contributed by atoms with Crippen molar-refractivity contribution in [3.05, 3.63) is 41.7 Å². The quantitative estimate of drug-likeness (QED) is 0.747. The first kappa shape index (κ1) is 12.9. The van der Waals surface area contributed by atoms with Crippen molar-refractivity contribution in [2.75, 3.05) is 5.32 Å². The van der Waals surface area contributed by atoms with E-state index in [-0.39, 0.29) is 12.3 Å². The molecular weight excluding hydrogens is 244 g/mol. The third kappa shape index (κ3) is 3.48. The summed E-state index contributed by atoms with van der Waals surface area (Å²) in [6.45, 7) is 2.50. The van der Waals surface area contributed by atoms with Gasteiger partial charge in [0.1, 0.15) is 12.3 Å². The van der Waals surface area contributed by atoms with Gasteiger partial charge in [-0.2, -0.15) is 5.10 Å². The molecule has 1 aromatic heterocycles. The smallest absolute Gasteiger partial charge is 0.239 e. The van der Waals surface area contributed by atoms with E-state index in [4.69, 9.17) is 5.73 Å². The second-order valence-corrected chi connectivity index (χ2v) is 4.38. The number of amides is 1. The summed E-state index contributed by atoms with van der Waals surface area (Å²) in [7, 11) is 0. The van der Waals surface area contributed by atoms with E-state index in [2.05, 4.69) is 10.4 Å². The number of carbonyl (C=O) groups is 1. The minimum absolute atomic E-state index is 0.0530. The van der Waals surface area contributed by atoms with E-state index >= 15 is 0 Å². The van der Waals surface area contributed by atoms with E-state index in [0.717, 1.165) is 16.8 Å². The van der Waals surface area contributed by atoms with E-state index < -0.39 is 5.91 Å². The summed E-state index contributed by atoms with van der Waals surface area (Å²) in [4.78, 5) is 10.7. The molecule has 1 amide bonds. The monoisotopic (exact) mass is 260 g/mol. The fourth-order valence-electron chi connectivity index (χ4n) is 1.75. The summed E-state index contributed by atoms with van der Waals surface area (Å²) in [6, 6.07) is 5.43. The number of hydrogen-bond acceptors (Lipinski definition) is 4. The van der Waals surface area contributed by atoms with Gasteiger partial charge < -0.3 is 16.2 Å². The molecule has 0 unspecified atom stereocenters. The lowest BCUT2D eigenvalue weighted by molar-refractivity contribution is -0.118. The maximum atomic E-state index is 10.7. The number of phenolic OH excluding ortho intramolecular Hbond substituents is 1. The lowest BCUT2D eigenvalue weighted by atomic mass is 10.1. The van der Waals surface area contributed by atoms with Crippen LogP contribution in [0, 0.1) is 6.92 Å². The number of anilines is 1. The normalized spacial score (nSPS) is 10.4. The van der Waals surface area contributed by atoms with Crippen molar-refractivity contribution >= 4 is 11.6 Å². The second kappa shape index (κ2) is 5.43. The van der Waals surface area contributed by atoms with Crippen molar-refractivity contribution in [2.45, 2.75) is 20.0 Å². The lowest BCUT2D eigenvalue weighted by Gasteiger charge is -2.07. The van der Waals surface area contributed by atoms with E-state index in [0.29, 0.717) is 6.54 Å². The lowest BCUT2D eigenvalue weighted by Crippen LogP contribution is -2.18. The number of nitrogens with two attached hydrogens (primary N) is 1. The molecule has 0 atom stereocenters. The van der Waals surface area contributed by atoms with Crippen LogP contribution in [-0.2, 0) is 17.9 Å². The minimum atomic E-state index is -0.439. The van der Waals surface area contributed by atoms with Crippen LogP contribution in [0.3, 0.4) is 0 Å². The van der Waals surface area contributed by atoms with Gasteiger partial charge in [-0.3, -0.25) is 9.48 Å². The molecule has 0 spiro atoms. The first-order valence-electron chi connectivity index (χ1n) is 5.88. The zero-order chi connectivity index (χ0) is 13.8. The summed E-state index contributed by atoms with van der Waals surface area (Å²) >= 11 is 0. The molecule has 6 heteroatoms. The summed E-state index contributed by atoms with van der Waals surface area (Å²) in [5.74, 6) is -0.186. The Morgan fingerprint density at radius 3 is 3.05 bits per heavy atom. The largest absolute Gasteiger partial charge is 0.508 e. The molecule has 100 valence electrons. The number of aromatic nitrogens is 2. The zero-order valence-electron chi connectivity index (χ0n) is 10.6. The summed E-state index contributed by atoms with van der Waals surface area (Å²) < 4.78 is 1.46. The van der Waals surface area contributed by atoms with Crippen LogP contribution in [0.1, 0.15) is 11.1 Å². The van der Waals surface area contributed by atoms with Gasteiger partial charge >= 0.3 is 0 Å². The van der Waals surface area contributed by atoms with Crippen molar-refractivity contribution < 1.29 is 9.90 Å². The van der Waals surface area contributed by atoms with Gasteiger partial charge in [-0.25, -0.2) is 0 Å². The van der Waals surface area contributed by atoms with Crippen LogP contribution in [0.4, 0.5) is 5.69 Å². The molecule has 1 aromatic carbocycles. The Labute approximate surface area is 110 Å². The van der Waals surface area contributed by atoms with Gasteiger partial charge in [0.05, 0.1) is 11.9 Å². The number of nitrogens with one attached hydrogen (secondary N) is 1. The van der Waals surface area contributed by atoms with Crippen molar-refractivity contribution in [1.29, 1.82) is 0 Å². The first-order chi connectivity index (χ1) is 9.04. The van der Waals surface area contributed by atoms with Crippen LogP contribution < -0.4 is 11.1 Å². The van der Waals surface area contributed by atoms with Crippen LogP contribution in [0.5, 0.6) is 5.75 Å². The maximum absolute atomic E-state index is 10.7. The standard InChI is InChI=1S/C13H16N4O2/c1-9-2-3-12(18)10(4-9)5-15-11-6-16-17(7-11)8-13(14)19/h2-4,6-7,15,18H,5,8H2,1H3,(H2,14,19). The molecular formula is C13H16N4O2. The molecule has 0 saturated carbocycles. The molecule has 4 N–H and O–H groups in total. The van der Waals surface area contributed by atoms with Gasteiger partial charge in [-0.05, 0) is 13.0 Å². The maximum Gasteiger partial charge on any atom is 0.239 e. The van der Waals surface area contributed by atoms with Crippen LogP contribution in [0.25, 0.3) is 0 Å². The number of aryl methyl sites for hydroxylation is 1. The molecule has 0 bridgehead atoms. The molecule has 1 heterocycles. The minimum Gasteiger partial charge on any atom is -0.508 e. The molecule has 0 saturated heterocycles.